The molecule has 1 aromatic carbocycles. The second kappa shape index (κ2) is 6.70. The van der Waals surface area contributed by atoms with Gasteiger partial charge in [-0.05, 0) is 50.5 Å². The number of benzene rings is 1. The number of hydrogen-bond donors (Lipinski definition) is 0. The fourth-order valence-corrected chi connectivity index (χ4v) is 3.33. The summed E-state index contributed by atoms with van der Waals surface area (Å²) in [6.07, 6.45) is 1.34. The normalized spacial score (nSPS) is 14.3. The molecule has 1 aliphatic heterocycles. The second-order valence-corrected chi connectivity index (χ2v) is 6.48. The van der Waals surface area contributed by atoms with Gasteiger partial charge in [0.05, 0.1) is 18.4 Å². The summed E-state index contributed by atoms with van der Waals surface area (Å²) >= 11 is 0. The Kier molecular flexibility index (Phi) is 4.61. The first kappa shape index (κ1) is 17.2. The van der Waals surface area contributed by atoms with Gasteiger partial charge in [-0.1, -0.05) is 12.1 Å². The van der Waals surface area contributed by atoms with Crippen LogP contribution in [-0.4, -0.2) is 30.7 Å². The minimum atomic E-state index is -0.362. The van der Waals surface area contributed by atoms with E-state index < -0.39 is 0 Å². The molecule has 1 aliphatic rings. The SMILES string of the molecule is COC(=O)c1ccc2c(c1)CCN2C(=O)C(C)Cc1c(C)noc1C. The maximum atomic E-state index is 12.9. The molecule has 0 radical (unpaired) electrons. The largest absolute Gasteiger partial charge is 0.465 e. The molecule has 0 fully saturated rings. The summed E-state index contributed by atoms with van der Waals surface area (Å²) in [5, 5.41) is 3.95. The molecule has 25 heavy (non-hydrogen) atoms. The summed E-state index contributed by atoms with van der Waals surface area (Å²) in [4.78, 5) is 26.4. The van der Waals surface area contributed by atoms with Crippen molar-refractivity contribution in [2.45, 2.75) is 33.6 Å². The highest BCUT2D eigenvalue weighted by atomic mass is 16.5. The Morgan fingerprint density at radius 1 is 1.36 bits per heavy atom. The Bertz CT molecular complexity index is 805. The molecule has 2 heterocycles. The van der Waals surface area contributed by atoms with E-state index >= 15 is 0 Å². The molecule has 6 nitrogen and oxygen atoms in total. The van der Waals surface area contributed by atoms with Crippen LogP contribution >= 0.6 is 0 Å². The molecule has 1 aromatic heterocycles. The zero-order valence-electron chi connectivity index (χ0n) is 15.0. The van der Waals surface area contributed by atoms with Crippen LogP contribution in [0.3, 0.4) is 0 Å². The molecule has 0 N–H and O–H groups in total. The van der Waals surface area contributed by atoms with E-state index in [0.717, 1.165) is 34.7 Å². The summed E-state index contributed by atoms with van der Waals surface area (Å²) in [5.41, 5.74) is 4.23. The number of esters is 1. The maximum Gasteiger partial charge on any atom is 0.337 e. The van der Waals surface area contributed by atoms with Crippen molar-refractivity contribution in [3.8, 4) is 0 Å². The zero-order valence-corrected chi connectivity index (χ0v) is 15.0. The first-order chi connectivity index (χ1) is 11.9. The third kappa shape index (κ3) is 3.16. The number of ether oxygens (including phenoxy) is 1. The van der Waals surface area contributed by atoms with Crippen molar-refractivity contribution in [1.82, 2.24) is 5.16 Å². The fraction of sp³-hybridized carbons (Fsp3) is 0.421. The summed E-state index contributed by atoms with van der Waals surface area (Å²) in [5.74, 6) is 0.300. The molecular formula is C19H22N2O4. The number of nitrogens with zero attached hydrogens (tertiary/aromatic N) is 2. The van der Waals surface area contributed by atoms with Gasteiger partial charge in [-0.2, -0.15) is 0 Å². The zero-order chi connectivity index (χ0) is 18.1. The van der Waals surface area contributed by atoms with Crippen LogP contribution in [0.25, 0.3) is 0 Å². The molecule has 0 saturated heterocycles. The number of carbonyl (C=O) groups is 2. The van der Waals surface area contributed by atoms with Gasteiger partial charge < -0.3 is 14.2 Å². The van der Waals surface area contributed by atoms with Crippen LogP contribution < -0.4 is 4.90 Å². The number of methoxy groups -OCH3 is 1. The van der Waals surface area contributed by atoms with Crippen LogP contribution in [0.1, 0.15) is 39.9 Å². The van der Waals surface area contributed by atoms with Gasteiger partial charge in [0.15, 0.2) is 0 Å². The average molecular weight is 342 g/mol. The molecule has 1 atom stereocenters. The van der Waals surface area contributed by atoms with E-state index in [1.165, 1.54) is 7.11 Å². The van der Waals surface area contributed by atoms with Crippen molar-refractivity contribution in [1.29, 1.82) is 0 Å². The van der Waals surface area contributed by atoms with E-state index in [1.807, 2.05) is 32.9 Å². The Hall–Kier alpha value is -2.63. The standard InChI is InChI=1S/C19H22N2O4/c1-11(9-16-12(2)20-25-13(16)3)18(22)21-8-7-14-10-15(19(23)24-4)5-6-17(14)21/h5-6,10-11H,7-9H2,1-4H3. The monoisotopic (exact) mass is 342 g/mol. The molecule has 132 valence electrons. The van der Waals surface area contributed by atoms with Crippen LogP contribution in [-0.2, 0) is 22.4 Å². The van der Waals surface area contributed by atoms with Gasteiger partial charge in [-0.15, -0.1) is 0 Å². The smallest absolute Gasteiger partial charge is 0.337 e. The lowest BCUT2D eigenvalue weighted by Gasteiger charge is -2.22. The maximum absolute atomic E-state index is 12.9. The van der Waals surface area contributed by atoms with Crippen molar-refractivity contribution >= 4 is 17.6 Å². The van der Waals surface area contributed by atoms with Crippen molar-refractivity contribution in [3.63, 3.8) is 0 Å². The summed E-state index contributed by atoms with van der Waals surface area (Å²) in [7, 11) is 1.36. The van der Waals surface area contributed by atoms with E-state index in [9.17, 15) is 9.59 Å². The van der Waals surface area contributed by atoms with Crippen molar-refractivity contribution in [2.75, 3.05) is 18.6 Å². The molecule has 0 bridgehead atoms. The molecule has 0 saturated carbocycles. The Morgan fingerprint density at radius 3 is 2.76 bits per heavy atom. The summed E-state index contributed by atoms with van der Waals surface area (Å²) in [6.45, 7) is 6.31. The van der Waals surface area contributed by atoms with Crippen LogP contribution in [0, 0.1) is 19.8 Å². The molecule has 3 rings (SSSR count). The van der Waals surface area contributed by atoms with Crippen LogP contribution in [0.15, 0.2) is 22.7 Å². The van der Waals surface area contributed by atoms with Gasteiger partial charge in [-0.25, -0.2) is 4.79 Å². The van der Waals surface area contributed by atoms with E-state index in [1.54, 1.807) is 11.0 Å². The van der Waals surface area contributed by atoms with Crippen molar-refractivity contribution in [3.05, 3.63) is 46.3 Å². The topological polar surface area (TPSA) is 72.6 Å². The number of aromatic nitrogens is 1. The van der Waals surface area contributed by atoms with Gasteiger partial charge in [0.1, 0.15) is 5.76 Å². The van der Waals surface area contributed by atoms with E-state index in [-0.39, 0.29) is 17.8 Å². The van der Waals surface area contributed by atoms with Crippen molar-refractivity contribution < 1.29 is 18.8 Å². The van der Waals surface area contributed by atoms with Crippen molar-refractivity contribution in [2.24, 2.45) is 5.92 Å². The van der Waals surface area contributed by atoms with E-state index in [0.29, 0.717) is 18.5 Å². The molecule has 0 aliphatic carbocycles. The highest BCUT2D eigenvalue weighted by Crippen LogP contribution is 2.31. The van der Waals surface area contributed by atoms with Crippen LogP contribution in [0.5, 0.6) is 0 Å². The van der Waals surface area contributed by atoms with Gasteiger partial charge in [0.25, 0.3) is 0 Å². The molecule has 1 unspecified atom stereocenters. The lowest BCUT2D eigenvalue weighted by molar-refractivity contribution is -0.121. The Balaban J connectivity index is 1.78. The quantitative estimate of drug-likeness (QED) is 0.799. The molecular weight excluding hydrogens is 320 g/mol. The predicted molar refractivity (Wildman–Crippen MR) is 92.7 cm³/mol. The lowest BCUT2D eigenvalue weighted by Crippen LogP contribution is -2.34. The number of amides is 1. The number of aryl methyl sites for hydroxylation is 2. The lowest BCUT2D eigenvalue weighted by atomic mass is 9.98. The van der Waals surface area contributed by atoms with Crippen LogP contribution in [0.2, 0.25) is 0 Å². The Morgan fingerprint density at radius 2 is 2.12 bits per heavy atom. The van der Waals surface area contributed by atoms with E-state index in [4.69, 9.17) is 9.26 Å². The molecule has 6 heteroatoms. The predicted octanol–water partition coefficient (Wildman–Crippen LogP) is 2.85. The average Bonchev–Trinajstić information content (AvgIpc) is 3.17. The summed E-state index contributed by atoms with van der Waals surface area (Å²) < 4.78 is 9.94. The van der Waals surface area contributed by atoms with Crippen LogP contribution in [0.4, 0.5) is 5.69 Å². The first-order valence-electron chi connectivity index (χ1n) is 8.36. The van der Waals surface area contributed by atoms with Gasteiger partial charge in [-0.3, -0.25) is 4.79 Å². The van der Waals surface area contributed by atoms with Gasteiger partial charge in [0.2, 0.25) is 5.91 Å². The third-order valence-corrected chi connectivity index (χ3v) is 4.78. The van der Waals surface area contributed by atoms with Gasteiger partial charge >= 0.3 is 5.97 Å². The highest BCUT2D eigenvalue weighted by molar-refractivity contribution is 5.98. The third-order valence-electron chi connectivity index (χ3n) is 4.78. The molecule has 2 aromatic rings. The number of fused-ring (bicyclic) bond motifs is 1. The molecule has 0 spiro atoms. The summed E-state index contributed by atoms with van der Waals surface area (Å²) in [6, 6.07) is 5.34. The minimum absolute atomic E-state index is 0.0737. The number of hydrogen-bond acceptors (Lipinski definition) is 5. The fourth-order valence-electron chi connectivity index (χ4n) is 3.33. The van der Waals surface area contributed by atoms with Gasteiger partial charge in [0, 0.05) is 23.7 Å². The first-order valence-corrected chi connectivity index (χ1v) is 8.36. The second-order valence-electron chi connectivity index (χ2n) is 6.48. The Labute approximate surface area is 146 Å². The van der Waals surface area contributed by atoms with E-state index in [2.05, 4.69) is 5.16 Å². The number of carbonyl (C=O) groups excluding carboxylic acids is 2. The number of rotatable bonds is 4. The highest BCUT2D eigenvalue weighted by Gasteiger charge is 2.29. The minimum Gasteiger partial charge on any atom is -0.465 e. The molecule has 1 amide bonds. The number of anilines is 1.